The van der Waals surface area contributed by atoms with Crippen LogP contribution < -0.4 is 14.5 Å². The van der Waals surface area contributed by atoms with Crippen molar-refractivity contribution in [2.45, 2.75) is 78.6 Å². The van der Waals surface area contributed by atoms with Gasteiger partial charge in [-0.25, -0.2) is 4.98 Å². The van der Waals surface area contributed by atoms with Gasteiger partial charge >= 0.3 is 0 Å². The molecule has 0 radical (unpaired) electrons. The van der Waals surface area contributed by atoms with Crippen molar-refractivity contribution in [2.24, 2.45) is 0 Å². The van der Waals surface area contributed by atoms with Gasteiger partial charge in [-0.15, -0.1) is 53.6 Å². The van der Waals surface area contributed by atoms with Gasteiger partial charge in [0.15, 0.2) is 0 Å². The molecule has 0 spiro atoms. The van der Waals surface area contributed by atoms with Gasteiger partial charge in [0, 0.05) is 61.3 Å². The molecule has 0 saturated carbocycles. The molecule has 55 heavy (non-hydrogen) atoms. The number of aromatic nitrogens is 2. The molecule has 0 atom stereocenters. The summed E-state index contributed by atoms with van der Waals surface area (Å²) in [5.41, 5.74) is 9.80. The van der Waals surface area contributed by atoms with E-state index in [2.05, 4.69) is 199 Å². The number of hydrogen-bond donors (Lipinski definition) is 0. The minimum Gasteiger partial charge on any atom is -0.813 e. The quantitative estimate of drug-likeness (QED) is 0.0976. The van der Waals surface area contributed by atoms with Gasteiger partial charge in [-0.3, -0.25) is 0 Å². The number of fused-ring (bicyclic) bond motifs is 4. The van der Waals surface area contributed by atoms with Crippen LogP contribution in [0.2, 0.25) is 0 Å². The fourth-order valence-electron chi connectivity index (χ4n) is 7.08. The van der Waals surface area contributed by atoms with Crippen LogP contribution >= 0.6 is 0 Å². The summed E-state index contributed by atoms with van der Waals surface area (Å²) in [6.07, 6.45) is 1.90. The predicted molar refractivity (Wildman–Crippen MR) is 229 cm³/mol. The van der Waals surface area contributed by atoms with E-state index in [1.807, 2.05) is 12.3 Å². The van der Waals surface area contributed by atoms with E-state index in [-0.39, 0.29) is 50.8 Å². The zero-order valence-corrected chi connectivity index (χ0v) is 36.2. The average molecular weight is 924 g/mol. The molecule has 1 aliphatic rings. The summed E-state index contributed by atoms with van der Waals surface area (Å²) < 4.78 is 8.94. The molecule has 0 unspecified atom stereocenters. The molecule has 5 nitrogen and oxygen atoms in total. The fraction of sp³-hybridized carbons (Fsp3) is 0.250. The Morgan fingerprint density at radius 2 is 1.24 bits per heavy atom. The van der Waals surface area contributed by atoms with Crippen LogP contribution in [0, 0.1) is 18.8 Å². The molecular weight excluding hydrogens is 876 g/mol. The van der Waals surface area contributed by atoms with E-state index in [9.17, 15) is 0 Å². The first kappa shape index (κ1) is 40.2. The first-order valence-electron chi connectivity index (χ1n) is 18.5. The van der Waals surface area contributed by atoms with Gasteiger partial charge in [-0.1, -0.05) is 110 Å². The van der Waals surface area contributed by atoms with Crippen molar-refractivity contribution in [3.8, 4) is 17.3 Å². The summed E-state index contributed by atoms with van der Waals surface area (Å²) in [5, 5.41) is 2.25. The monoisotopic (exact) mass is 923 g/mol. The van der Waals surface area contributed by atoms with Crippen LogP contribution in [0.4, 0.5) is 22.7 Å². The summed E-state index contributed by atoms with van der Waals surface area (Å²) in [6, 6.07) is 45.9. The second-order valence-electron chi connectivity index (χ2n) is 17.2. The third-order valence-electron chi connectivity index (χ3n) is 10.2. The number of pyridine rings is 1. The molecule has 5 aromatic carbocycles. The Hall–Kier alpha value is -4.51. The zero-order valence-electron chi connectivity index (χ0n) is 33.0. The Bertz CT molecular complexity index is 2500. The topological polar surface area (TPSA) is 33.5 Å². The minimum absolute atomic E-state index is 0. The Balaban J connectivity index is 0.00000257. The molecule has 7 heteroatoms. The number of nitrogens with zero attached hydrogens (tertiary/aromatic N) is 4. The Labute approximate surface area is 348 Å². The SMILES string of the molecule is CC(C)(C)c1cc(Oc2[c-]c3c(cc2)c2ccccc2n3-c2cc(C(C)(C)C)ccn2)[c-]c(N2[CH-]N(c3cccc(C(C)(C)C)c3)c3ccccc32)c1.[Pt].[SH-]. The molecule has 8 rings (SSSR count). The predicted octanol–water partition coefficient (Wildman–Crippen LogP) is 12.6. The summed E-state index contributed by atoms with van der Waals surface area (Å²) in [7, 11) is 0. The molecule has 0 aliphatic carbocycles. The maximum absolute atomic E-state index is 6.74. The first-order chi connectivity index (χ1) is 25.1. The van der Waals surface area contributed by atoms with Crippen molar-refractivity contribution in [2.75, 3.05) is 9.80 Å². The maximum atomic E-state index is 6.74. The minimum atomic E-state index is -0.133. The summed E-state index contributed by atoms with van der Waals surface area (Å²) in [5.74, 6) is 2.12. The maximum Gasteiger partial charge on any atom is 0.135 e. The molecule has 0 saturated heterocycles. The van der Waals surface area contributed by atoms with Crippen molar-refractivity contribution in [3.05, 3.63) is 151 Å². The van der Waals surface area contributed by atoms with Crippen molar-refractivity contribution in [1.82, 2.24) is 9.55 Å². The third-order valence-corrected chi connectivity index (χ3v) is 10.2. The summed E-state index contributed by atoms with van der Waals surface area (Å²) in [6.45, 7) is 22.3. The molecule has 286 valence electrons. The Morgan fingerprint density at radius 3 is 1.95 bits per heavy atom. The van der Waals surface area contributed by atoms with Crippen molar-refractivity contribution < 1.29 is 25.8 Å². The molecule has 1 aliphatic heterocycles. The van der Waals surface area contributed by atoms with Gasteiger partial charge in [-0.2, -0.15) is 6.07 Å². The van der Waals surface area contributed by atoms with Crippen molar-refractivity contribution in [3.63, 3.8) is 0 Å². The molecule has 7 aromatic rings. The number of benzene rings is 5. The largest absolute Gasteiger partial charge is 0.813 e. The number of hydrogen-bond acceptors (Lipinski definition) is 5. The zero-order chi connectivity index (χ0) is 37.3. The summed E-state index contributed by atoms with van der Waals surface area (Å²) in [4.78, 5) is 9.34. The van der Waals surface area contributed by atoms with E-state index in [4.69, 9.17) is 9.72 Å². The van der Waals surface area contributed by atoms with Crippen LogP contribution in [0.15, 0.2) is 115 Å². The number of para-hydroxylation sites is 3. The first-order valence-corrected chi connectivity index (χ1v) is 18.5. The average Bonchev–Trinajstić information content (AvgIpc) is 3.67. The standard InChI is InChI=1S/C48H47N4O.Pt.H2S/c1-46(2,3)32-15-14-16-35(25-32)50-31-51(43-20-13-12-19-42(43)50)36-26-34(48(7,8)9)27-38(29-36)53-37-21-22-40-39-17-10-11-18-41(39)52(44(40)30-37)45-28-33(23-24-49-45)47(4,5)6;;/h10-28,31H,1-9H3;;1H2/q-3;;/p-1. The van der Waals surface area contributed by atoms with Crippen LogP contribution in [-0.2, 0) is 50.8 Å². The Morgan fingerprint density at radius 1 is 0.582 bits per heavy atom. The molecule has 0 fully saturated rings. The van der Waals surface area contributed by atoms with Gasteiger partial charge in [0.2, 0.25) is 0 Å². The molecule has 0 amide bonds. The van der Waals surface area contributed by atoms with Crippen LogP contribution in [0.5, 0.6) is 11.5 Å². The molecular formula is C48H48N4OPtS-4. The number of thiol groups is 1. The van der Waals surface area contributed by atoms with Gasteiger partial charge in [-0.05, 0) is 75.2 Å². The third kappa shape index (κ3) is 7.69. The Kier molecular flexibility index (Phi) is 10.9. The van der Waals surface area contributed by atoms with Crippen LogP contribution in [0.3, 0.4) is 0 Å². The molecule has 3 heterocycles. The van der Waals surface area contributed by atoms with Gasteiger partial charge in [0.05, 0.1) is 0 Å². The van der Waals surface area contributed by atoms with Crippen molar-refractivity contribution in [1.29, 1.82) is 0 Å². The van der Waals surface area contributed by atoms with E-state index in [1.54, 1.807) is 0 Å². The van der Waals surface area contributed by atoms with E-state index in [1.165, 1.54) is 11.1 Å². The fourth-order valence-corrected chi connectivity index (χ4v) is 7.08. The smallest absolute Gasteiger partial charge is 0.135 e. The number of rotatable bonds is 5. The van der Waals surface area contributed by atoms with Gasteiger partial charge in [0.25, 0.3) is 0 Å². The van der Waals surface area contributed by atoms with E-state index in [0.29, 0.717) is 11.5 Å². The van der Waals surface area contributed by atoms with Crippen molar-refractivity contribution >= 4 is 58.1 Å². The summed E-state index contributed by atoms with van der Waals surface area (Å²) >= 11 is 0. The van der Waals surface area contributed by atoms with E-state index < -0.39 is 0 Å². The molecule has 2 aromatic heterocycles. The van der Waals surface area contributed by atoms with Crippen LogP contribution in [0.25, 0.3) is 27.6 Å². The van der Waals surface area contributed by atoms with Crippen LogP contribution in [-0.4, -0.2) is 9.55 Å². The van der Waals surface area contributed by atoms with Gasteiger partial charge < -0.3 is 32.6 Å². The second kappa shape index (κ2) is 14.9. The van der Waals surface area contributed by atoms with Crippen LogP contribution in [0.1, 0.15) is 79.0 Å². The van der Waals surface area contributed by atoms with E-state index in [0.717, 1.165) is 55.9 Å². The second-order valence-corrected chi connectivity index (χ2v) is 17.2. The number of ether oxygens (including phenoxy) is 1. The van der Waals surface area contributed by atoms with E-state index >= 15 is 0 Å². The molecule has 0 bridgehead atoms. The number of anilines is 4. The molecule has 0 N–H and O–H groups in total. The normalized spacial score (nSPS) is 13.1. The van der Waals surface area contributed by atoms with Gasteiger partial charge in [0.1, 0.15) is 5.82 Å².